The van der Waals surface area contributed by atoms with Gasteiger partial charge in [0.15, 0.2) is 17.3 Å². The summed E-state index contributed by atoms with van der Waals surface area (Å²) in [4.78, 5) is 17.8. The highest BCUT2D eigenvalue weighted by atomic mass is 19.1. The molecule has 1 saturated heterocycles. The predicted octanol–water partition coefficient (Wildman–Crippen LogP) is 4.50. The Kier molecular flexibility index (Phi) is 6.06. The molecule has 3 aromatic rings. The summed E-state index contributed by atoms with van der Waals surface area (Å²) in [5.74, 6) is 1.57. The van der Waals surface area contributed by atoms with E-state index in [1.54, 1.807) is 31.2 Å². The molecule has 0 aliphatic carbocycles. The molecule has 3 aromatic carbocycles. The van der Waals surface area contributed by atoms with Gasteiger partial charge in [-0.15, -0.1) is 0 Å². The molecule has 6 rings (SSSR count). The molecule has 1 fully saturated rings. The third-order valence-corrected chi connectivity index (χ3v) is 7.06. The van der Waals surface area contributed by atoms with E-state index in [0.717, 1.165) is 44.2 Å². The number of aryl methyl sites for hydroxylation is 1. The van der Waals surface area contributed by atoms with Crippen molar-refractivity contribution in [3.8, 4) is 23.0 Å². The molecule has 3 heterocycles. The van der Waals surface area contributed by atoms with Crippen LogP contribution >= 0.6 is 0 Å². The van der Waals surface area contributed by atoms with Crippen LogP contribution in [0.25, 0.3) is 6.08 Å². The van der Waals surface area contributed by atoms with Gasteiger partial charge in [0, 0.05) is 39.3 Å². The SMILES string of the molecule is Cc1cc(O)c(CN2CCN(Cc3ccc4c(c3)OCO4)CC2)c2c1C(=O)/C(=C/c1cccc(F)c1)O2. The smallest absolute Gasteiger partial charge is 0.232 e. The first-order valence-corrected chi connectivity index (χ1v) is 12.3. The van der Waals surface area contributed by atoms with Gasteiger partial charge in [0.25, 0.3) is 0 Å². The van der Waals surface area contributed by atoms with Crippen molar-refractivity contribution in [3.63, 3.8) is 0 Å². The molecule has 8 heteroatoms. The number of ether oxygens (including phenoxy) is 3. The fourth-order valence-corrected chi connectivity index (χ4v) is 5.11. The van der Waals surface area contributed by atoms with E-state index in [1.165, 1.54) is 17.7 Å². The fourth-order valence-electron chi connectivity index (χ4n) is 5.11. The second-order valence-electron chi connectivity index (χ2n) is 9.63. The van der Waals surface area contributed by atoms with E-state index in [9.17, 15) is 14.3 Å². The number of carbonyl (C=O) groups is 1. The zero-order valence-corrected chi connectivity index (χ0v) is 20.5. The molecule has 37 heavy (non-hydrogen) atoms. The highest BCUT2D eigenvalue weighted by Gasteiger charge is 2.34. The molecule has 0 saturated carbocycles. The van der Waals surface area contributed by atoms with Crippen molar-refractivity contribution in [2.45, 2.75) is 20.0 Å². The molecule has 0 amide bonds. The zero-order chi connectivity index (χ0) is 25.5. The maximum absolute atomic E-state index is 13.6. The third kappa shape index (κ3) is 4.65. The average molecular weight is 503 g/mol. The van der Waals surface area contributed by atoms with Crippen molar-refractivity contribution in [2.24, 2.45) is 0 Å². The Hall–Kier alpha value is -3.88. The van der Waals surface area contributed by atoms with Crippen LogP contribution in [0.4, 0.5) is 4.39 Å². The van der Waals surface area contributed by atoms with Crippen LogP contribution in [0.3, 0.4) is 0 Å². The second kappa shape index (κ2) is 9.53. The number of hydrogen-bond donors (Lipinski definition) is 1. The molecule has 0 spiro atoms. The number of piperazine rings is 1. The molecular formula is C29H27FN2O5. The molecule has 0 aromatic heterocycles. The summed E-state index contributed by atoms with van der Waals surface area (Å²) in [5, 5.41) is 10.8. The number of hydrogen-bond acceptors (Lipinski definition) is 7. The van der Waals surface area contributed by atoms with E-state index in [-0.39, 0.29) is 29.9 Å². The lowest BCUT2D eigenvalue weighted by Gasteiger charge is -2.35. The number of halogens is 1. The Labute approximate surface area is 214 Å². The lowest BCUT2D eigenvalue weighted by molar-refractivity contribution is 0.101. The highest BCUT2D eigenvalue weighted by Crippen LogP contribution is 2.42. The van der Waals surface area contributed by atoms with E-state index in [4.69, 9.17) is 14.2 Å². The molecule has 0 unspecified atom stereocenters. The van der Waals surface area contributed by atoms with E-state index >= 15 is 0 Å². The van der Waals surface area contributed by atoms with Gasteiger partial charge in [-0.2, -0.15) is 0 Å². The van der Waals surface area contributed by atoms with Crippen molar-refractivity contribution in [1.29, 1.82) is 0 Å². The minimum Gasteiger partial charge on any atom is -0.507 e. The Morgan fingerprint density at radius 3 is 2.51 bits per heavy atom. The first-order valence-electron chi connectivity index (χ1n) is 12.3. The fraction of sp³-hybridized carbons (Fsp3) is 0.276. The summed E-state index contributed by atoms with van der Waals surface area (Å²) < 4.78 is 30.5. The number of phenolic OH excluding ortho intramolecular Hbond substituents is 1. The lowest BCUT2D eigenvalue weighted by atomic mass is 9.99. The minimum absolute atomic E-state index is 0.110. The number of aromatic hydroxyl groups is 1. The quantitative estimate of drug-likeness (QED) is 0.515. The summed E-state index contributed by atoms with van der Waals surface area (Å²) in [7, 11) is 0. The number of benzene rings is 3. The van der Waals surface area contributed by atoms with Crippen molar-refractivity contribution < 1.29 is 28.5 Å². The summed E-state index contributed by atoms with van der Waals surface area (Å²) in [6, 6.07) is 13.7. The molecule has 0 radical (unpaired) electrons. The van der Waals surface area contributed by atoms with Crippen LogP contribution in [-0.4, -0.2) is 53.7 Å². The monoisotopic (exact) mass is 502 g/mol. The van der Waals surface area contributed by atoms with Gasteiger partial charge in [-0.1, -0.05) is 18.2 Å². The van der Waals surface area contributed by atoms with Crippen molar-refractivity contribution in [1.82, 2.24) is 9.80 Å². The van der Waals surface area contributed by atoms with Crippen molar-refractivity contribution in [2.75, 3.05) is 33.0 Å². The van der Waals surface area contributed by atoms with Gasteiger partial charge in [-0.3, -0.25) is 14.6 Å². The summed E-state index contributed by atoms with van der Waals surface area (Å²) in [6.45, 7) is 6.70. The number of carbonyl (C=O) groups excluding carboxylic acids is 1. The van der Waals surface area contributed by atoms with Crippen LogP contribution in [0.2, 0.25) is 0 Å². The maximum Gasteiger partial charge on any atom is 0.232 e. The number of nitrogens with zero attached hydrogens (tertiary/aromatic N) is 2. The standard InChI is InChI=1S/C29H27FN2O5/c1-18-11-23(33)22(29-27(18)28(34)26(37-29)13-19-3-2-4-21(30)12-19)16-32-9-7-31(8-10-32)15-20-5-6-24-25(14-20)36-17-35-24/h2-6,11-14,33H,7-10,15-17H2,1H3/b26-13-. The lowest BCUT2D eigenvalue weighted by Crippen LogP contribution is -2.45. The number of Topliss-reactive ketones (excluding diaryl/α,β-unsaturated/α-hetero) is 1. The van der Waals surface area contributed by atoms with Gasteiger partial charge < -0.3 is 19.3 Å². The Balaban J connectivity index is 1.15. The van der Waals surface area contributed by atoms with Gasteiger partial charge in [0.2, 0.25) is 12.6 Å². The number of fused-ring (bicyclic) bond motifs is 2. The van der Waals surface area contributed by atoms with Crippen LogP contribution in [0.5, 0.6) is 23.0 Å². The summed E-state index contributed by atoms with van der Waals surface area (Å²) >= 11 is 0. The average Bonchev–Trinajstić information content (AvgIpc) is 3.47. The molecular weight excluding hydrogens is 475 g/mol. The second-order valence-corrected chi connectivity index (χ2v) is 9.63. The molecule has 3 aliphatic rings. The molecule has 190 valence electrons. The van der Waals surface area contributed by atoms with E-state index in [1.807, 2.05) is 12.1 Å². The van der Waals surface area contributed by atoms with Crippen LogP contribution in [0.1, 0.15) is 32.6 Å². The summed E-state index contributed by atoms with van der Waals surface area (Å²) in [6.07, 6.45) is 1.54. The maximum atomic E-state index is 13.6. The number of phenols is 1. The topological polar surface area (TPSA) is 71.5 Å². The minimum atomic E-state index is -0.385. The third-order valence-electron chi connectivity index (χ3n) is 7.06. The molecule has 0 bridgehead atoms. The van der Waals surface area contributed by atoms with Gasteiger partial charge in [0.1, 0.15) is 17.3 Å². The van der Waals surface area contributed by atoms with Crippen LogP contribution < -0.4 is 14.2 Å². The van der Waals surface area contributed by atoms with Crippen LogP contribution in [0, 0.1) is 12.7 Å². The number of allylic oxidation sites excluding steroid dienone is 1. The van der Waals surface area contributed by atoms with E-state index in [0.29, 0.717) is 34.5 Å². The van der Waals surface area contributed by atoms with E-state index in [2.05, 4.69) is 15.9 Å². The van der Waals surface area contributed by atoms with Crippen LogP contribution in [0.15, 0.2) is 54.3 Å². The molecule has 1 N–H and O–H groups in total. The largest absolute Gasteiger partial charge is 0.507 e. The van der Waals surface area contributed by atoms with Crippen LogP contribution in [-0.2, 0) is 13.1 Å². The van der Waals surface area contributed by atoms with Gasteiger partial charge in [-0.05, 0) is 60.0 Å². The van der Waals surface area contributed by atoms with Crippen molar-refractivity contribution >= 4 is 11.9 Å². The molecule has 3 aliphatic heterocycles. The first-order chi connectivity index (χ1) is 17.9. The predicted molar refractivity (Wildman–Crippen MR) is 135 cm³/mol. The van der Waals surface area contributed by atoms with E-state index < -0.39 is 0 Å². The normalized spacial score (nSPS) is 18.3. The van der Waals surface area contributed by atoms with Crippen molar-refractivity contribution in [3.05, 3.63) is 87.9 Å². The summed E-state index contributed by atoms with van der Waals surface area (Å²) in [5.41, 5.74) is 3.42. The number of rotatable bonds is 5. The van der Waals surface area contributed by atoms with Gasteiger partial charge >= 0.3 is 0 Å². The number of ketones is 1. The molecule has 7 nitrogen and oxygen atoms in total. The molecule has 0 atom stereocenters. The zero-order valence-electron chi connectivity index (χ0n) is 20.5. The Morgan fingerprint density at radius 1 is 0.973 bits per heavy atom. The Morgan fingerprint density at radius 2 is 1.73 bits per heavy atom. The van der Waals surface area contributed by atoms with Gasteiger partial charge in [-0.25, -0.2) is 4.39 Å². The first kappa shape index (κ1) is 23.5. The Bertz CT molecular complexity index is 1410. The van der Waals surface area contributed by atoms with Gasteiger partial charge in [0.05, 0.1) is 11.1 Å². The highest BCUT2D eigenvalue weighted by molar-refractivity contribution is 6.15.